The molecule has 5 atom stereocenters. The van der Waals surface area contributed by atoms with Gasteiger partial charge in [-0.2, -0.15) is 0 Å². The Hall–Kier alpha value is -5.38. The number of nitrogens with one attached hydrogen (secondary N) is 2. The number of amides is 6. The van der Waals surface area contributed by atoms with Crippen LogP contribution in [-0.2, 0) is 72.0 Å². The third-order valence-electron chi connectivity index (χ3n) is 10.0. The second kappa shape index (κ2) is 21.1. The van der Waals surface area contributed by atoms with Gasteiger partial charge in [0, 0.05) is 38.0 Å². The minimum atomic E-state index is -1.16. The van der Waals surface area contributed by atoms with Crippen LogP contribution < -0.4 is 10.6 Å². The first kappa shape index (κ1) is 43.3. The van der Waals surface area contributed by atoms with Crippen LogP contribution in [0.25, 0.3) is 0 Å². The quantitative estimate of drug-likeness (QED) is 0.0769. The highest BCUT2D eigenvalue weighted by molar-refractivity contribution is 6.01. The normalized spacial score (nSPS) is 19.7. The Morgan fingerprint density at radius 1 is 0.946 bits per heavy atom. The van der Waals surface area contributed by atoms with Gasteiger partial charge in [0.25, 0.3) is 11.8 Å². The fourth-order valence-electron chi connectivity index (χ4n) is 6.63. The molecule has 2 unspecified atom stereocenters. The van der Waals surface area contributed by atoms with Crippen molar-refractivity contribution in [3.8, 4) is 0 Å². The van der Waals surface area contributed by atoms with E-state index < -0.39 is 59.7 Å². The highest BCUT2D eigenvalue weighted by Crippen LogP contribution is 2.52. The molecule has 1 saturated carbocycles. The van der Waals surface area contributed by atoms with Crippen molar-refractivity contribution < 1.29 is 62.5 Å². The maximum atomic E-state index is 12.8. The Morgan fingerprint density at radius 2 is 1.62 bits per heavy atom. The van der Waals surface area contributed by atoms with Gasteiger partial charge >= 0.3 is 23.9 Å². The number of carbonyl (C=O) groups is 8. The van der Waals surface area contributed by atoms with Crippen molar-refractivity contribution in [3.05, 3.63) is 16.3 Å². The standard InChI is InChI=1S/C34H48N8O14/c1-20(32(49)38-52)40(2)27(43)12-15-53-17-18-54-16-13-35-33(50)25(6-10-30(46)47)36-34(51)55-19-23-21-3-5-24-26(7-4-22(21)23)41(39-37-24)14-11-31(48)56-42-28(44)8-9-29(42)45/h20-23,25H,3-19H2,1-2H3,(H,35,50)(H,36,51)(H,46,47)/t20-,21-,22+,23?,25?/m1/s1. The summed E-state index contributed by atoms with van der Waals surface area (Å²) >= 11 is 0. The molecule has 1 saturated heterocycles. The van der Waals surface area contributed by atoms with Crippen LogP contribution in [-0.4, -0.2) is 136 Å². The number of carbonyl (C=O) groups excluding carboxylic acids is 7. The minimum absolute atomic E-state index is 0.00797. The number of nitrogens with zero attached hydrogens (tertiary/aromatic N) is 6. The molecule has 56 heavy (non-hydrogen) atoms. The number of rotatable bonds is 22. The van der Waals surface area contributed by atoms with E-state index in [-0.39, 0.29) is 96.5 Å². The summed E-state index contributed by atoms with van der Waals surface area (Å²) < 4.78 is 17.9. The number of likely N-dealkylation sites (N-methyl/N-ethyl adjacent to an activating group) is 1. The monoisotopic (exact) mass is 792 g/mol. The molecular formula is C34H48N8O14. The predicted octanol–water partition coefficient (Wildman–Crippen LogP) is -0.345. The molecule has 0 bridgehead atoms. The number of nitroso groups, excluding NO2 is 1. The predicted molar refractivity (Wildman–Crippen MR) is 186 cm³/mol. The summed E-state index contributed by atoms with van der Waals surface area (Å²) in [4.78, 5) is 112. The van der Waals surface area contributed by atoms with Gasteiger partial charge in [0.15, 0.2) is 0 Å². The molecule has 308 valence electrons. The zero-order chi connectivity index (χ0) is 40.8. The summed E-state index contributed by atoms with van der Waals surface area (Å²) in [6.07, 6.45) is 1.31. The molecule has 1 aromatic heterocycles. The largest absolute Gasteiger partial charge is 0.481 e. The lowest BCUT2D eigenvalue weighted by Crippen LogP contribution is -2.48. The molecule has 1 aromatic rings. The van der Waals surface area contributed by atoms with Crippen LogP contribution in [0.1, 0.15) is 69.7 Å². The van der Waals surface area contributed by atoms with Crippen molar-refractivity contribution in [3.63, 3.8) is 0 Å². The van der Waals surface area contributed by atoms with E-state index in [9.17, 15) is 43.3 Å². The lowest BCUT2D eigenvalue weighted by molar-refractivity contribution is -0.197. The van der Waals surface area contributed by atoms with E-state index in [1.54, 1.807) is 4.68 Å². The van der Waals surface area contributed by atoms with Crippen LogP contribution in [0.4, 0.5) is 4.79 Å². The van der Waals surface area contributed by atoms with Crippen molar-refractivity contribution in [1.29, 1.82) is 0 Å². The molecule has 0 radical (unpaired) electrons. The van der Waals surface area contributed by atoms with Gasteiger partial charge in [-0.15, -0.1) is 15.1 Å². The van der Waals surface area contributed by atoms with Crippen LogP contribution >= 0.6 is 0 Å². The van der Waals surface area contributed by atoms with Gasteiger partial charge in [0.05, 0.1) is 63.8 Å². The number of fused-ring (bicyclic) bond motifs is 2. The molecule has 2 fully saturated rings. The summed E-state index contributed by atoms with van der Waals surface area (Å²) in [5.41, 5.74) is 1.69. The Labute approximate surface area is 321 Å². The molecule has 1 aliphatic heterocycles. The van der Waals surface area contributed by atoms with Crippen molar-refractivity contribution in [1.82, 2.24) is 35.6 Å². The fraction of sp³-hybridized carbons (Fsp3) is 0.706. The second-order valence-electron chi connectivity index (χ2n) is 13.7. The van der Waals surface area contributed by atoms with Crippen LogP contribution in [0.5, 0.6) is 0 Å². The van der Waals surface area contributed by atoms with Crippen LogP contribution in [0, 0.1) is 22.7 Å². The third-order valence-corrected chi connectivity index (χ3v) is 10.0. The van der Waals surface area contributed by atoms with Gasteiger partial charge in [-0.05, 0) is 56.8 Å². The number of carboxylic acids is 1. The molecule has 2 aliphatic carbocycles. The maximum Gasteiger partial charge on any atom is 0.407 e. The van der Waals surface area contributed by atoms with E-state index in [4.69, 9.17) is 24.2 Å². The van der Waals surface area contributed by atoms with Crippen LogP contribution in [0.3, 0.4) is 0 Å². The maximum absolute atomic E-state index is 12.8. The number of aliphatic carboxylic acids is 1. The van der Waals surface area contributed by atoms with Gasteiger partial charge in [0.2, 0.25) is 11.8 Å². The van der Waals surface area contributed by atoms with Gasteiger partial charge in [-0.3, -0.25) is 28.8 Å². The van der Waals surface area contributed by atoms with Crippen LogP contribution in [0.2, 0.25) is 0 Å². The molecule has 22 heteroatoms. The molecule has 3 aliphatic rings. The summed E-state index contributed by atoms with van der Waals surface area (Å²) in [5.74, 6) is -4.28. The van der Waals surface area contributed by atoms with E-state index in [2.05, 4.69) is 26.1 Å². The smallest absolute Gasteiger partial charge is 0.407 e. The lowest BCUT2D eigenvalue weighted by atomic mass is 10.0. The van der Waals surface area contributed by atoms with E-state index in [1.165, 1.54) is 14.0 Å². The van der Waals surface area contributed by atoms with Crippen molar-refractivity contribution in [2.75, 3.05) is 46.6 Å². The zero-order valence-electron chi connectivity index (χ0n) is 31.3. The fourth-order valence-corrected chi connectivity index (χ4v) is 6.63. The summed E-state index contributed by atoms with van der Waals surface area (Å²) in [6, 6.07) is -2.14. The van der Waals surface area contributed by atoms with Crippen molar-refractivity contribution in [2.24, 2.45) is 22.9 Å². The minimum Gasteiger partial charge on any atom is -0.481 e. The lowest BCUT2D eigenvalue weighted by Gasteiger charge is -2.21. The third kappa shape index (κ3) is 12.6. The number of alkyl carbamates (subject to hydrolysis) is 1. The first-order chi connectivity index (χ1) is 26.8. The molecule has 0 aromatic carbocycles. The molecule has 2 heterocycles. The first-order valence-electron chi connectivity index (χ1n) is 18.5. The summed E-state index contributed by atoms with van der Waals surface area (Å²) in [6.45, 7) is 2.15. The van der Waals surface area contributed by atoms with Crippen molar-refractivity contribution in [2.45, 2.75) is 89.8 Å². The van der Waals surface area contributed by atoms with Crippen LogP contribution in [0.15, 0.2) is 5.18 Å². The van der Waals surface area contributed by atoms with Gasteiger partial charge in [0.1, 0.15) is 12.1 Å². The zero-order valence-corrected chi connectivity index (χ0v) is 31.3. The number of hydrogen-bond donors (Lipinski definition) is 3. The topological polar surface area (TPSA) is 284 Å². The highest BCUT2D eigenvalue weighted by atomic mass is 16.7. The Kier molecular flexibility index (Phi) is 16.3. The molecule has 3 N–H and O–H groups in total. The Bertz CT molecular complexity index is 1620. The van der Waals surface area contributed by atoms with Crippen molar-refractivity contribution >= 4 is 47.6 Å². The van der Waals surface area contributed by atoms with E-state index >= 15 is 0 Å². The molecule has 4 rings (SSSR count). The number of ether oxygens (including phenoxy) is 3. The van der Waals surface area contributed by atoms with Gasteiger partial charge in [-0.25, -0.2) is 14.3 Å². The molecule has 0 spiro atoms. The highest BCUT2D eigenvalue weighted by Gasteiger charge is 2.50. The molecule has 22 nitrogen and oxygen atoms in total. The number of hydroxylamine groups is 2. The number of imide groups is 1. The van der Waals surface area contributed by atoms with Gasteiger partial charge < -0.3 is 39.7 Å². The molecular weight excluding hydrogens is 744 g/mol. The second-order valence-corrected chi connectivity index (χ2v) is 13.7. The number of carboxylic acid groups (broad SMARTS) is 1. The Morgan fingerprint density at radius 3 is 2.30 bits per heavy atom. The first-order valence-corrected chi connectivity index (χ1v) is 18.5. The number of hydrogen-bond acceptors (Lipinski definition) is 15. The SMILES string of the molecule is C[C@H](C(=O)N=O)N(C)C(=O)CCOCCOCCNC(=O)C(CCC(=O)O)NC(=O)OCC1[C@H]2CCc3c(nnn3CCC(=O)ON3C(=O)CCC3=O)CC[C@@H]12. The number of aryl methyl sites for hydroxylation is 2. The summed E-state index contributed by atoms with van der Waals surface area (Å²) in [7, 11) is 1.38. The average Bonchev–Trinajstić information content (AvgIpc) is 3.51. The summed E-state index contributed by atoms with van der Waals surface area (Å²) in [5, 5.41) is 25.5. The number of aromatic nitrogens is 3. The van der Waals surface area contributed by atoms with E-state index in [0.717, 1.165) is 29.1 Å². The van der Waals surface area contributed by atoms with Gasteiger partial charge in [-0.1, -0.05) is 5.21 Å². The Balaban J connectivity index is 1.11. The van der Waals surface area contributed by atoms with E-state index in [0.29, 0.717) is 23.8 Å². The van der Waals surface area contributed by atoms with E-state index in [1.807, 2.05) is 0 Å². The average molecular weight is 793 g/mol. The molecule has 6 amide bonds.